The summed E-state index contributed by atoms with van der Waals surface area (Å²) in [4.78, 5) is 53.4. The molecular formula is C29H24ClN7O7. The van der Waals surface area contributed by atoms with Crippen LogP contribution >= 0.6 is 11.6 Å². The van der Waals surface area contributed by atoms with E-state index in [9.17, 15) is 19.2 Å². The van der Waals surface area contributed by atoms with E-state index in [0.29, 0.717) is 57.0 Å². The number of aromatic nitrogens is 6. The zero-order valence-corrected chi connectivity index (χ0v) is 24.1. The molecule has 6 rings (SSSR count). The number of fused-ring (bicyclic) bond motifs is 2. The molecule has 3 aromatic heterocycles. The summed E-state index contributed by atoms with van der Waals surface area (Å²) in [6.07, 6.45) is 0.263. The molecule has 15 heteroatoms. The Hall–Kier alpha value is -5.50. The average molecular weight is 618 g/mol. The molecule has 0 fully saturated rings. The van der Waals surface area contributed by atoms with Crippen LogP contribution in [0.25, 0.3) is 27.7 Å². The maximum Gasteiger partial charge on any atom is 0.511 e. The van der Waals surface area contributed by atoms with Crippen LogP contribution in [0, 0.1) is 0 Å². The lowest BCUT2D eigenvalue weighted by Crippen LogP contribution is -2.31. The van der Waals surface area contributed by atoms with Crippen LogP contribution in [0.2, 0.25) is 5.02 Å². The molecule has 0 saturated heterocycles. The van der Waals surface area contributed by atoms with E-state index >= 15 is 0 Å². The van der Waals surface area contributed by atoms with Gasteiger partial charge in [-0.05, 0) is 77.4 Å². The summed E-state index contributed by atoms with van der Waals surface area (Å²) < 4.78 is 17.2. The minimum absolute atomic E-state index is 0.124. The number of nitrogens with one attached hydrogen (secondary N) is 2. The fourth-order valence-electron chi connectivity index (χ4n) is 5.18. The number of nitrogens with zero attached hydrogens (tertiary/aromatic N) is 5. The van der Waals surface area contributed by atoms with Gasteiger partial charge < -0.3 is 29.1 Å². The standard InChI is InChI=1S/C29H24ClN7O7/c1-15(44-29(41)42-2)43-28(40)23-11-17-9-19(4-6-22(17)33-23)32-27(39)25-8-5-20-10-16(12-26(38)37(20)25)21-13-18(30)3-7-24(21)36-14-31-34-35-36/h3-4,6-7,9-15,25,33H,5,8H2,1-2H3,(H,32,39)/t15?,25-/m0/s1. The monoisotopic (exact) mass is 617 g/mol. The number of ether oxygens (including phenoxy) is 3. The van der Waals surface area contributed by atoms with Crippen LogP contribution in [0.5, 0.6) is 0 Å². The fraction of sp³-hybridized carbons (Fsp3) is 0.207. The van der Waals surface area contributed by atoms with Crippen molar-refractivity contribution in [3.05, 3.63) is 87.7 Å². The van der Waals surface area contributed by atoms with Gasteiger partial charge in [0.2, 0.25) is 12.2 Å². The Morgan fingerprint density at radius 1 is 1.09 bits per heavy atom. The average Bonchev–Trinajstić information content (AvgIpc) is 3.77. The van der Waals surface area contributed by atoms with Crippen LogP contribution < -0.4 is 10.9 Å². The molecule has 0 saturated carbocycles. The highest BCUT2D eigenvalue weighted by molar-refractivity contribution is 6.31. The number of carbonyl (C=O) groups excluding carboxylic acids is 3. The van der Waals surface area contributed by atoms with Crippen LogP contribution in [0.15, 0.2) is 65.7 Å². The highest BCUT2D eigenvalue weighted by atomic mass is 35.5. The molecule has 2 atom stereocenters. The predicted molar refractivity (Wildman–Crippen MR) is 157 cm³/mol. The van der Waals surface area contributed by atoms with E-state index in [1.54, 1.807) is 42.5 Å². The van der Waals surface area contributed by atoms with Crippen LogP contribution in [-0.2, 0) is 25.4 Å². The Kier molecular flexibility index (Phi) is 7.57. The second-order valence-electron chi connectivity index (χ2n) is 9.93. The number of methoxy groups -OCH3 is 1. The van der Waals surface area contributed by atoms with Crippen LogP contribution in [0.1, 0.15) is 35.6 Å². The number of halogens is 1. The molecule has 44 heavy (non-hydrogen) atoms. The lowest BCUT2D eigenvalue weighted by atomic mass is 10.0. The summed E-state index contributed by atoms with van der Waals surface area (Å²) in [5.41, 5.74) is 3.56. The van der Waals surface area contributed by atoms with E-state index in [2.05, 4.69) is 30.6 Å². The number of rotatable bonds is 7. The van der Waals surface area contributed by atoms with Crippen molar-refractivity contribution in [2.45, 2.75) is 32.1 Å². The van der Waals surface area contributed by atoms with Gasteiger partial charge in [-0.2, -0.15) is 4.68 Å². The van der Waals surface area contributed by atoms with E-state index < -0.39 is 24.5 Å². The largest absolute Gasteiger partial charge is 0.511 e. The Morgan fingerprint density at radius 2 is 1.93 bits per heavy atom. The second kappa shape index (κ2) is 11.6. The first-order valence-corrected chi connectivity index (χ1v) is 13.8. The quantitative estimate of drug-likeness (QED) is 0.200. The number of hydrogen-bond donors (Lipinski definition) is 2. The molecule has 224 valence electrons. The van der Waals surface area contributed by atoms with Gasteiger partial charge >= 0.3 is 12.1 Å². The van der Waals surface area contributed by atoms with Crippen LogP contribution in [0.3, 0.4) is 0 Å². The molecule has 2 aromatic carbocycles. The summed E-state index contributed by atoms with van der Waals surface area (Å²) in [6.45, 7) is 1.38. The Morgan fingerprint density at radius 3 is 2.70 bits per heavy atom. The van der Waals surface area contributed by atoms with Gasteiger partial charge in [0, 0.05) is 45.9 Å². The third-order valence-electron chi connectivity index (χ3n) is 7.11. The van der Waals surface area contributed by atoms with E-state index in [-0.39, 0.29) is 17.2 Å². The number of amides is 1. The fourth-order valence-corrected chi connectivity index (χ4v) is 5.35. The molecule has 5 aromatic rings. The number of benzene rings is 2. The van der Waals surface area contributed by atoms with Crippen molar-refractivity contribution in [2.24, 2.45) is 0 Å². The van der Waals surface area contributed by atoms with Crippen molar-refractivity contribution in [3.63, 3.8) is 0 Å². The molecule has 1 unspecified atom stereocenters. The Bertz CT molecular complexity index is 1970. The first kappa shape index (κ1) is 28.6. The van der Waals surface area contributed by atoms with E-state index in [0.717, 1.165) is 7.11 Å². The van der Waals surface area contributed by atoms with Gasteiger partial charge in [0.05, 0.1) is 12.8 Å². The van der Waals surface area contributed by atoms with Gasteiger partial charge in [-0.15, -0.1) is 5.10 Å². The number of tetrazole rings is 1. The first-order valence-electron chi connectivity index (χ1n) is 13.4. The lowest BCUT2D eigenvalue weighted by molar-refractivity contribution is -0.119. The number of hydrogen-bond acceptors (Lipinski definition) is 10. The number of anilines is 1. The minimum Gasteiger partial charge on any atom is -0.438 e. The SMILES string of the molecule is COC(=O)OC(C)OC(=O)c1cc2cc(NC(=O)[C@@H]3CCc4cc(-c5cc(Cl)ccc5-n5cnnn5)cc(=O)n43)ccc2[nH]1. The van der Waals surface area contributed by atoms with Crippen molar-refractivity contribution in [2.75, 3.05) is 12.4 Å². The molecule has 0 spiro atoms. The normalized spacial score (nSPS) is 14.6. The summed E-state index contributed by atoms with van der Waals surface area (Å²) in [6, 6.07) is 14.5. The summed E-state index contributed by atoms with van der Waals surface area (Å²) in [7, 11) is 1.14. The number of pyridine rings is 1. The van der Waals surface area contributed by atoms with E-state index in [1.807, 2.05) is 6.07 Å². The number of aryl methyl sites for hydroxylation is 1. The summed E-state index contributed by atoms with van der Waals surface area (Å²) >= 11 is 6.28. The minimum atomic E-state index is -1.16. The van der Waals surface area contributed by atoms with Crippen molar-refractivity contribution in [3.8, 4) is 16.8 Å². The third kappa shape index (κ3) is 5.62. The molecule has 0 aliphatic carbocycles. The second-order valence-corrected chi connectivity index (χ2v) is 10.4. The van der Waals surface area contributed by atoms with Gasteiger partial charge in [-0.25, -0.2) is 9.59 Å². The number of carbonyl (C=O) groups is 3. The number of aromatic amines is 1. The molecule has 14 nitrogen and oxygen atoms in total. The third-order valence-corrected chi connectivity index (χ3v) is 7.35. The van der Waals surface area contributed by atoms with Gasteiger partial charge in [0.1, 0.15) is 18.1 Å². The zero-order chi connectivity index (χ0) is 31.0. The molecule has 1 aliphatic rings. The molecule has 0 radical (unpaired) electrons. The summed E-state index contributed by atoms with van der Waals surface area (Å²) in [5, 5.41) is 15.3. The van der Waals surface area contributed by atoms with Gasteiger partial charge in [-0.1, -0.05) is 11.6 Å². The summed E-state index contributed by atoms with van der Waals surface area (Å²) in [5.74, 6) is -1.09. The van der Waals surface area contributed by atoms with Crippen molar-refractivity contribution >= 4 is 46.2 Å². The topological polar surface area (TPSA) is 172 Å². The van der Waals surface area contributed by atoms with E-state index in [1.165, 1.54) is 28.6 Å². The number of H-pyrrole nitrogens is 1. The van der Waals surface area contributed by atoms with Crippen molar-refractivity contribution in [1.82, 2.24) is 29.8 Å². The highest BCUT2D eigenvalue weighted by Crippen LogP contribution is 2.33. The van der Waals surface area contributed by atoms with Crippen molar-refractivity contribution in [1.29, 1.82) is 0 Å². The maximum absolute atomic E-state index is 13.4. The first-order chi connectivity index (χ1) is 21.2. The molecule has 4 heterocycles. The smallest absolute Gasteiger partial charge is 0.438 e. The van der Waals surface area contributed by atoms with Crippen LogP contribution in [-0.4, -0.2) is 61.2 Å². The molecule has 1 amide bonds. The van der Waals surface area contributed by atoms with Crippen LogP contribution in [0.4, 0.5) is 10.5 Å². The molecular weight excluding hydrogens is 594 g/mol. The molecule has 2 N–H and O–H groups in total. The highest BCUT2D eigenvalue weighted by Gasteiger charge is 2.30. The lowest BCUT2D eigenvalue weighted by Gasteiger charge is -2.16. The molecule has 0 bridgehead atoms. The Balaban J connectivity index is 1.20. The van der Waals surface area contributed by atoms with E-state index in [4.69, 9.17) is 21.1 Å². The maximum atomic E-state index is 13.4. The van der Waals surface area contributed by atoms with Gasteiger partial charge in [0.15, 0.2) is 0 Å². The Labute approximate surface area is 253 Å². The predicted octanol–water partition coefficient (Wildman–Crippen LogP) is 4.04. The molecule has 1 aliphatic heterocycles. The van der Waals surface area contributed by atoms with Gasteiger partial charge in [0.25, 0.3) is 5.56 Å². The van der Waals surface area contributed by atoms with Crippen molar-refractivity contribution < 1.29 is 28.6 Å². The van der Waals surface area contributed by atoms with Gasteiger partial charge in [-0.3, -0.25) is 9.59 Å². The number of esters is 1. The zero-order valence-electron chi connectivity index (χ0n) is 23.3.